The summed E-state index contributed by atoms with van der Waals surface area (Å²) in [5.74, 6) is -0.515. The molecule has 1 aromatic rings. The second-order valence-corrected chi connectivity index (χ2v) is 7.19. The van der Waals surface area contributed by atoms with Crippen molar-refractivity contribution in [3.63, 3.8) is 0 Å². The Morgan fingerprint density at radius 2 is 1.92 bits per heavy atom. The van der Waals surface area contributed by atoms with E-state index in [1.54, 1.807) is 20.8 Å². The molecule has 0 fully saturated rings. The number of carbonyl (C=O) groups excluding carboxylic acids is 2. The third-order valence-corrected chi connectivity index (χ3v) is 3.07. The Bertz CT molecular complexity index is 568. The Morgan fingerprint density at radius 1 is 1.25 bits per heavy atom. The maximum Gasteiger partial charge on any atom is 0.407 e. The number of hydrogen-bond acceptors (Lipinski definition) is 3. The topological polar surface area (TPSA) is 67.4 Å². The van der Waals surface area contributed by atoms with Crippen molar-refractivity contribution in [2.24, 2.45) is 5.92 Å². The van der Waals surface area contributed by atoms with Gasteiger partial charge in [-0.15, -0.1) is 0 Å². The first-order chi connectivity index (χ1) is 11.1. The molecule has 1 aromatic carbocycles. The standard InChI is InChI=1S/C18H27FN2O3/c1-12(2)9-15(21-17(23)24-18(3,4)5)11-20-16(22)13-7-6-8-14(19)10-13/h6-8,10,12,15H,9,11H2,1-5H3,(H,20,22)(H,21,23)/t15-/m0/s1. The van der Waals surface area contributed by atoms with Crippen LogP contribution in [-0.4, -0.2) is 30.2 Å². The lowest BCUT2D eigenvalue weighted by molar-refractivity contribution is 0.0496. The van der Waals surface area contributed by atoms with E-state index < -0.39 is 17.5 Å². The van der Waals surface area contributed by atoms with E-state index in [9.17, 15) is 14.0 Å². The molecule has 134 valence electrons. The highest BCUT2D eigenvalue weighted by Gasteiger charge is 2.20. The highest BCUT2D eigenvalue weighted by atomic mass is 19.1. The second kappa shape index (κ2) is 8.66. The Kier molecular flexibility index (Phi) is 7.19. The van der Waals surface area contributed by atoms with E-state index in [2.05, 4.69) is 10.6 Å². The fourth-order valence-electron chi connectivity index (χ4n) is 2.18. The van der Waals surface area contributed by atoms with Crippen LogP contribution in [0.3, 0.4) is 0 Å². The van der Waals surface area contributed by atoms with Gasteiger partial charge < -0.3 is 15.4 Å². The van der Waals surface area contributed by atoms with Crippen LogP contribution in [0.4, 0.5) is 9.18 Å². The van der Waals surface area contributed by atoms with Crippen LogP contribution in [-0.2, 0) is 4.74 Å². The molecule has 0 aliphatic rings. The molecular weight excluding hydrogens is 311 g/mol. The van der Waals surface area contributed by atoms with Crippen LogP contribution >= 0.6 is 0 Å². The summed E-state index contributed by atoms with van der Waals surface area (Å²) >= 11 is 0. The van der Waals surface area contributed by atoms with Gasteiger partial charge in [0.1, 0.15) is 11.4 Å². The van der Waals surface area contributed by atoms with Gasteiger partial charge in [-0.3, -0.25) is 4.79 Å². The monoisotopic (exact) mass is 338 g/mol. The first-order valence-electron chi connectivity index (χ1n) is 8.10. The predicted octanol–water partition coefficient (Wildman–Crippen LogP) is 3.49. The summed E-state index contributed by atoms with van der Waals surface area (Å²) in [6.07, 6.45) is 0.163. The summed E-state index contributed by atoms with van der Waals surface area (Å²) in [6.45, 7) is 9.66. The van der Waals surface area contributed by atoms with Crippen molar-refractivity contribution in [2.75, 3.05) is 6.54 Å². The lowest BCUT2D eigenvalue weighted by atomic mass is 10.0. The molecule has 0 aliphatic carbocycles. The smallest absolute Gasteiger partial charge is 0.407 e. The van der Waals surface area contributed by atoms with Gasteiger partial charge in [-0.1, -0.05) is 19.9 Å². The molecule has 2 N–H and O–H groups in total. The summed E-state index contributed by atoms with van der Waals surface area (Å²) in [7, 11) is 0. The highest BCUT2D eigenvalue weighted by Crippen LogP contribution is 2.09. The van der Waals surface area contributed by atoms with Crippen LogP contribution in [0, 0.1) is 11.7 Å². The van der Waals surface area contributed by atoms with E-state index in [1.807, 2.05) is 13.8 Å². The molecule has 24 heavy (non-hydrogen) atoms. The number of nitrogens with one attached hydrogen (secondary N) is 2. The number of benzene rings is 1. The molecule has 1 atom stereocenters. The summed E-state index contributed by atoms with van der Waals surface area (Å²) in [6, 6.07) is 5.21. The van der Waals surface area contributed by atoms with Crippen molar-refractivity contribution < 1.29 is 18.7 Å². The van der Waals surface area contributed by atoms with Crippen molar-refractivity contribution in [1.82, 2.24) is 10.6 Å². The van der Waals surface area contributed by atoms with Gasteiger partial charge in [-0.25, -0.2) is 9.18 Å². The van der Waals surface area contributed by atoms with E-state index >= 15 is 0 Å². The zero-order valence-electron chi connectivity index (χ0n) is 15.0. The summed E-state index contributed by atoms with van der Waals surface area (Å²) in [5, 5.41) is 5.50. The van der Waals surface area contributed by atoms with Crippen molar-refractivity contribution in [2.45, 2.75) is 52.7 Å². The fraction of sp³-hybridized carbons (Fsp3) is 0.556. The van der Waals surface area contributed by atoms with Crippen LogP contribution < -0.4 is 10.6 Å². The van der Waals surface area contributed by atoms with Gasteiger partial charge in [0.05, 0.1) is 0 Å². The van der Waals surface area contributed by atoms with Gasteiger partial charge in [-0.05, 0) is 51.3 Å². The van der Waals surface area contributed by atoms with Gasteiger partial charge in [0, 0.05) is 18.2 Å². The SMILES string of the molecule is CC(C)C[C@@H](CNC(=O)c1cccc(F)c1)NC(=O)OC(C)(C)C. The summed E-state index contributed by atoms with van der Waals surface area (Å²) < 4.78 is 18.4. The van der Waals surface area contributed by atoms with Crippen LogP contribution in [0.2, 0.25) is 0 Å². The Labute approximate surface area is 143 Å². The Balaban J connectivity index is 2.62. The Morgan fingerprint density at radius 3 is 2.46 bits per heavy atom. The molecule has 0 spiro atoms. The van der Waals surface area contributed by atoms with Gasteiger partial charge in [0.15, 0.2) is 0 Å². The lowest BCUT2D eigenvalue weighted by Crippen LogP contribution is -2.46. The Hall–Kier alpha value is -2.11. The minimum absolute atomic E-state index is 0.243. The third kappa shape index (κ3) is 7.94. The molecule has 0 aliphatic heterocycles. The van der Waals surface area contributed by atoms with Crippen LogP contribution in [0.15, 0.2) is 24.3 Å². The van der Waals surface area contributed by atoms with Crippen molar-refractivity contribution >= 4 is 12.0 Å². The zero-order chi connectivity index (χ0) is 18.3. The van der Waals surface area contributed by atoms with Gasteiger partial charge in [0.2, 0.25) is 0 Å². The maximum atomic E-state index is 13.2. The summed E-state index contributed by atoms with van der Waals surface area (Å²) in [4.78, 5) is 24.0. The average Bonchev–Trinajstić information content (AvgIpc) is 2.41. The highest BCUT2D eigenvalue weighted by molar-refractivity contribution is 5.94. The first-order valence-corrected chi connectivity index (χ1v) is 8.10. The molecule has 0 bridgehead atoms. The van der Waals surface area contributed by atoms with Crippen LogP contribution in [0.5, 0.6) is 0 Å². The van der Waals surface area contributed by atoms with Crippen molar-refractivity contribution in [3.8, 4) is 0 Å². The number of ether oxygens (including phenoxy) is 1. The minimum Gasteiger partial charge on any atom is -0.444 e. The van der Waals surface area contributed by atoms with Crippen molar-refractivity contribution in [3.05, 3.63) is 35.6 Å². The molecule has 6 heteroatoms. The summed E-state index contributed by atoms with van der Waals surface area (Å²) in [5.41, 5.74) is -0.340. The number of rotatable bonds is 6. The molecule has 0 heterocycles. The number of amides is 2. The molecule has 0 saturated carbocycles. The third-order valence-electron chi connectivity index (χ3n) is 3.07. The average molecular weight is 338 g/mol. The number of hydrogen-bond donors (Lipinski definition) is 2. The second-order valence-electron chi connectivity index (χ2n) is 7.19. The molecular formula is C18H27FN2O3. The van der Waals surface area contributed by atoms with Crippen LogP contribution in [0.1, 0.15) is 51.4 Å². The maximum absolute atomic E-state index is 13.2. The molecule has 1 rings (SSSR count). The molecule has 2 amide bonds. The van der Waals surface area contributed by atoms with E-state index in [4.69, 9.17) is 4.74 Å². The van der Waals surface area contributed by atoms with E-state index in [0.29, 0.717) is 12.3 Å². The normalized spacial score (nSPS) is 12.6. The minimum atomic E-state index is -0.586. The quantitative estimate of drug-likeness (QED) is 0.834. The molecule has 0 saturated heterocycles. The van der Waals surface area contributed by atoms with E-state index in [-0.39, 0.29) is 24.1 Å². The first kappa shape index (κ1) is 19.9. The van der Waals surface area contributed by atoms with E-state index in [0.717, 1.165) is 0 Å². The molecule has 5 nitrogen and oxygen atoms in total. The van der Waals surface area contributed by atoms with Gasteiger partial charge in [-0.2, -0.15) is 0 Å². The number of alkyl carbamates (subject to hydrolysis) is 1. The molecule has 0 radical (unpaired) electrons. The molecule has 0 unspecified atom stereocenters. The van der Waals surface area contributed by atoms with Crippen molar-refractivity contribution in [1.29, 1.82) is 0 Å². The number of halogens is 1. The fourth-order valence-corrected chi connectivity index (χ4v) is 2.18. The molecule has 0 aromatic heterocycles. The van der Waals surface area contributed by atoms with E-state index in [1.165, 1.54) is 24.3 Å². The lowest BCUT2D eigenvalue weighted by Gasteiger charge is -2.25. The predicted molar refractivity (Wildman–Crippen MR) is 91.3 cm³/mol. The van der Waals surface area contributed by atoms with Crippen LogP contribution in [0.25, 0.3) is 0 Å². The number of carbonyl (C=O) groups is 2. The van der Waals surface area contributed by atoms with Gasteiger partial charge >= 0.3 is 6.09 Å². The largest absolute Gasteiger partial charge is 0.444 e. The van der Waals surface area contributed by atoms with Gasteiger partial charge in [0.25, 0.3) is 5.91 Å². The zero-order valence-corrected chi connectivity index (χ0v) is 15.0.